The number of halogens is 3. The highest BCUT2D eigenvalue weighted by Gasteiger charge is 2.37. The van der Waals surface area contributed by atoms with Crippen LogP contribution in [0.25, 0.3) is 11.1 Å². The first-order valence-corrected chi connectivity index (χ1v) is 13.6. The SMILES string of the molecule is C[C@]1(N[C@@H]2CCCC[C@H]2Nc2cc(-c3cccc(C(N)=O)c3)ccn2)CCCN(c2ncc(C(F)(F)F)cn2)C1. The van der Waals surface area contributed by atoms with Crippen LogP contribution in [0.4, 0.5) is 24.9 Å². The minimum atomic E-state index is -4.46. The van der Waals surface area contributed by atoms with Gasteiger partial charge in [-0.15, -0.1) is 0 Å². The van der Waals surface area contributed by atoms with E-state index in [-0.39, 0.29) is 17.6 Å². The smallest absolute Gasteiger partial charge is 0.366 e. The van der Waals surface area contributed by atoms with Crippen LogP contribution in [0.3, 0.4) is 0 Å². The van der Waals surface area contributed by atoms with E-state index in [1.165, 1.54) is 0 Å². The maximum Gasteiger partial charge on any atom is 0.419 e. The van der Waals surface area contributed by atoms with E-state index in [0.29, 0.717) is 24.6 Å². The number of nitrogens with two attached hydrogens (primary N) is 1. The van der Waals surface area contributed by atoms with E-state index in [0.717, 1.165) is 67.9 Å². The topological polar surface area (TPSA) is 109 Å². The van der Waals surface area contributed by atoms with Crippen LogP contribution in [0.5, 0.6) is 0 Å². The molecule has 1 aromatic carbocycles. The lowest BCUT2D eigenvalue weighted by Crippen LogP contribution is -2.61. The molecule has 3 heterocycles. The molecule has 40 heavy (non-hydrogen) atoms. The average Bonchev–Trinajstić information content (AvgIpc) is 2.94. The van der Waals surface area contributed by atoms with Crippen LogP contribution >= 0.6 is 0 Å². The number of anilines is 2. The van der Waals surface area contributed by atoms with Gasteiger partial charge in [-0.05, 0) is 68.0 Å². The number of carbonyl (C=O) groups excluding carboxylic acids is 1. The van der Waals surface area contributed by atoms with E-state index in [9.17, 15) is 18.0 Å². The Kier molecular flexibility index (Phi) is 7.93. The molecule has 2 fully saturated rings. The molecule has 0 bridgehead atoms. The van der Waals surface area contributed by atoms with Crippen molar-refractivity contribution in [2.75, 3.05) is 23.3 Å². The molecule has 0 unspecified atom stereocenters. The van der Waals surface area contributed by atoms with Gasteiger partial charge in [0, 0.05) is 54.9 Å². The summed E-state index contributed by atoms with van der Waals surface area (Å²) in [6.45, 7) is 3.47. The molecule has 0 spiro atoms. The fraction of sp³-hybridized carbons (Fsp3) is 0.448. The maximum atomic E-state index is 13.0. The Balaban J connectivity index is 1.28. The molecular formula is C29H34F3N7O. The van der Waals surface area contributed by atoms with Crippen LogP contribution in [-0.4, -0.2) is 51.6 Å². The number of carbonyl (C=O) groups is 1. The van der Waals surface area contributed by atoms with Crippen LogP contribution in [-0.2, 0) is 6.18 Å². The van der Waals surface area contributed by atoms with Gasteiger partial charge in [0.15, 0.2) is 0 Å². The molecule has 1 saturated heterocycles. The van der Waals surface area contributed by atoms with Gasteiger partial charge in [-0.3, -0.25) is 4.79 Å². The Labute approximate surface area is 231 Å². The average molecular weight is 554 g/mol. The third kappa shape index (κ3) is 6.52. The third-order valence-electron chi connectivity index (χ3n) is 7.82. The van der Waals surface area contributed by atoms with Crippen molar-refractivity contribution in [1.29, 1.82) is 0 Å². The molecule has 1 saturated carbocycles. The van der Waals surface area contributed by atoms with Crippen LogP contribution in [0.2, 0.25) is 0 Å². The lowest BCUT2D eigenvalue weighted by molar-refractivity contribution is -0.138. The van der Waals surface area contributed by atoms with Crippen molar-refractivity contribution >= 4 is 17.7 Å². The molecule has 5 rings (SSSR count). The summed E-state index contributed by atoms with van der Waals surface area (Å²) >= 11 is 0. The highest BCUT2D eigenvalue weighted by atomic mass is 19.4. The number of alkyl halides is 3. The van der Waals surface area contributed by atoms with Gasteiger partial charge < -0.3 is 21.3 Å². The molecule has 1 aliphatic heterocycles. The van der Waals surface area contributed by atoms with Crippen molar-refractivity contribution in [2.24, 2.45) is 5.73 Å². The number of piperidine rings is 1. The highest BCUT2D eigenvalue weighted by molar-refractivity contribution is 5.94. The summed E-state index contributed by atoms with van der Waals surface area (Å²) in [7, 11) is 0. The number of pyridine rings is 1. The summed E-state index contributed by atoms with van der Waals surface area (Å²) in [4.78, 5) is 26.2. The van der Waals surface area contributed by atoms with Crippen LogP contribution in [0, 0.1) is 0 Å². The lowest BCUT2D eigenvalue weighted by Gasteiger charge is -2.46. The molecule has 1 aliphatic carbocycles. The van der Waals surface area contributed by atoms with E-state index >= 15 is 0 Å². The molecule has 212 valence electrons. The molecule has 11 heteroatoms. The number of amides is 1. The summed E-state index contributed by atoms with van der Waals surface area (Å²) in [5, 5.41) is 7.53. The first kappa shape index (κ1) is 27.8. The van der Waals surface area contributed by atoms with Crippen molar-refractivity contribution < 1.29 is 18.0 Å². The summed E-state index contributed by atoms with van der Waals surface area (Å²) in [6, 6.07) is 11.5. The highest BCUT2D eigenvalue weighted by Crippen LogP contribution is 2.31. The Bertz CT molecular complexity index is 1330. The fourth-order valence-corrected chi connectivity index (χ4v) is 5.81. The zero-order valence-corrected chi connectivity index (χ0v) is 22.4. The summed E-state index contributed by atoms with van der Waals surface area (Å²) in [5.41, 5.74) is 6.64. The van der Waals surface area contributed by atoms with Gasteiger partial charge in [0.05, 0.1) is 5.56 Å². The van der Waals surface area contributed by atoms with Gasteiger partial charge in [-0.1, -0.05) is 25.0 Å². The molecule has 3 aromatic rings. The van der Waals surface area contributed by atoms with Crippen molar-refractivity contribution in [3.63, 3.8) is 0 Å². The number of primary amides is 1. The first-order valence-electron chi connectivity index (χ1n) is 13.6. The van der Waals surface area contributed by atoms with Gasteiger partial charge in [-0.25, -0.2) is 15.0 Å². The van der Waals surface area contributed by atoms with E-state index in [2.05, 4.69) is 32.5 Å². The predicted molar refractivity (Wildman–Crippen MR) is 148 cm³/mol. The Morgan fingerprint density at radius 3 is 2.48 bits per heavy atom. The Morgan fingerprint density at radius 2 is 1.75 bits per heavy atom. The molecule has 8 nitrogen and oxygen atoms in total. The second-order valence-electron chi connectivity index (χ2n) is 11.0. The van der Waals surface area contributed by atoms with E-state index < -0.39 is 17.6 Å². The number of hydrogen-bond donors (Lipinski definition) is 3. The summed E-state index contributed by atoms with van der Waals surface area (Å²) in [5.74, 6) is 0.611. The number of benzene rings is 1. The zero-order chi connectivity index (χ0) is 28.3. The van der Waals surface area contributed by atoms with E-state index in [4.69, 9.17) is 5.73 Å². The summed E-state index contributed by atoms with van der Waals surface area (Å²) in [6.07, 6.45) is 5.05. The molecule has 0 radical (unpaired) electrons. The minimum absolute atomic E-state index is 0.156. The quantitative estimate of drug-likeness (QED) is 0.377. The molecule has 2 aromatic heterocycles. The van der Waals surface area contributed by atoms with Crippen molar-refractivity contribution in [3.05, 3.63) is 66.1 Å². The van der Waals surface area contributed by atoms with Crippen LogP contribution in [0.15, 0.2) is 55.0 Å². The normalized spacial score (nSPS) is 23.6. The minimum Gasteiger partial charge on any atom is -0.366 e. The van der Waals surface area contributed by atoms with Gasteiger partial charge >= 0.3 is 6.18 Å². The van der Waals surface area contributed by atoms with E-state index in [1.807, 2.05) is 29.2 Å². The van der Waals surface area contributed by atoms with Crippen molar-refractivity contribution in [3.8, 4) is 11.1 Å². The number of aromatic nitrogens is 3. The van der Waals surface area contributed by atoms with Crippen LogP contribution in [0.1, 0.15) is 61.4 Å². The third-order valence-corrected chi connectivity index (χ3v) is 7.82. The number of hydrogen-bond acceptors (Lipinski definition) is 7. The second-order valence-corrected chi connectivity index (χ2v) is 11.0. The van der Waals surface area contributed by atoms with Crippen molar-refractivity contribution in [1.82, 2.24) is 20.3 Å². The predicted octanol–water partition coefficient (Wildman–Crippen LogP) is 5.03. The van der Waals surface area contributed by atoms with Gasteiger partial charge in [0.2, 0.25) is 11.9 Å². The fourth-order valence-electron chi connectivity index (χ4n) is 5.81. The van der Waals surface area contributed by atoms with Gasteiger partial charge in [-0.2, -0.15) is 13.2 Å². The van der Waals surface area contributed by atoms with Crippen LogP contribution < -0.4 is 21.3 Å². The van der Waals surface area contributed by atoms with Gasteiger partial charge in [0.25, 0.3) is 0 Å². The first-order chi connectivity index (χ1) is 19.1. The summed E-state index contributed by atoms with van der Waals surface area (Å²) < 4.78 is 38.9. The zero-order valence-electron chi connectivity index (χ0n) is 22.4. The molecular weight excluding hydrogens is 519 g/mol. The largest absolute Gasteiger partial charge is 0.419 e. The number of nitrogens with zero attached hydrogens (tertiary/aromatic N) is 4. The Hall–Kier alpha value is -3.73. The Morgan fingerprint density at radius 1 is 1.02 bits per heavy atom. The standard InChI is InChI=1S/C29H34F3N7O/c1-28(11-5-13-39(18-28)27-35-16-22(17-36-27)29(30,31)32)38-24-9-3-2-8-23(24)37-25-15-20(10-12-34-25)19-6-4-7-21(14-19)26(33)40/h4,6-7,10,12,14-17,23-24,38H,2-3,5,8-9,11,13,18H2,1H3,(H2,33,40)(H,34,37)/t23-,24-,28+/m1/s1. The number of nitrogens with one attached hydrogen (secondary N) is 2. The molecule has 2 aliphatic rings. The van der Waals surface area contributed by atoms with E-state index in [1.54, 1.807) is 18.3 Å². The maximum absolute atomic E-state index is 13.0. The molecule has 3 atom stereocenters. The van der Waals surface area contributed by atoms with Gasteiger partial charge in [0.1, 0.15) is 5.82 Å². The monoisotopic (exact) mass is 553 g/mol. The molecule has 1 amide bonds. The van der Waals surface area contributed by atoms with Crippen molar-refractivity contribution in [2.45, 2.75) is 69.2 Å². The second kappa shape index (κ2) is 11.4. The molecule has 4 N–H and O–H groups in total. The number of rotatable bonds is 7. The lowest BCUT2D eigenvalue weighted by atomic mass is 9.85.